The molecule has 1 amide bonds. The van der Waals surface area contributed by atoms with E-state index in [4.69, 9.17) is 9.47 Å². The zero-order valence-corrected chi connectivity index (χ0v) is 17.3. The van der Waals surface area contributed by atoms with Crippen LogP contribution in [0.4, 0.5) is 0 Å². The average Bonchev–Trinajstić information content (AvgIpc) is 3.14. The number of amides is 1. The van der Waals surface area contributed by atoms with E-state index in [0.717, 1.165) is 16.9 Å². The molecule has 0 spiro atoms. The molecule has 3 rings (SSSR count). The number of hydrogen-bond donors (Lipinski definition) is 1. The van der Waals surface area contributed by atoms with Gasteiger partial charge >= 0.3 is 5.97 Å². The van der Waals surface area contributed by atoms with Crippen LogP contribution in [-0.4, -0.2) is 30.1 Å². The smallest absolute Gasteiger partial charge is 0.351 e. The van der Waals surface area contributed by atoms with Gasteiger partial charge in [-0.05, 0) is 43.7 Å². The van der Waals surface area contributed by atoms with Gasteiger partial charge in [-0.1, -0.05) is 30.3 Å². The van der Waals surface area contributed by atoms with E-state index in [2.05, 4.69) is 10.3 Å². The first-order valence-corrected chi connectivity index (χ1v) is 9.94. The highest BCUT2D eigenvalue weighted by Gasteiger charge is 2.23. The average molecular weight is 410 g/mol. The summed E-state index contributed by atoms with van der Waals surface area (Å²) < 4.78 is 10.5. The van der Waals surface area contributed by atoms with Crippen molar-refractivity contribution in [2.45, 2.75) is 26.5 Å². The lowest BCUT2D eigenvalue weighted by Gasteiger charge is -2.13. The maximum atomic E-state index is 12.5. The zero-order valence-electron chi connectivity index (χ0n) is 16.5. The lowest BCUT2D eigenvalue weighted by atomic mass is 10.2. The number of nitrogens with one attached hydrogen (secondary N) is 1. The molecule has 2 aromatic carbocycles. The van der Waals surface area contributed by atoms with E-state index in [0.29, 0.717) is 22.1 Å². The summed E-state index contributed by atoms with van der Waals surface area (Å²) in [5.74, 6) is -0.154. The number of benzene rings is 2. The van der Waals surface area contributed by atoms with Crippen molar-refractivity contribution >= 4 is 23.2 Å². The fourth-order valence-corrected chi connectivity index (χ4v) is 3.59. The molecular weight excluding hydrogens is 388 g/mol. The van der Waals surface area contributed by atoms with E-state index in [1.807, 2.05) is 54.6 Å². The molecule has 0 saturated carbocycles. The Balaban J connectivity index is 1.62. The Morgan fingerprint density at radius 1 is 1.10 bits per heavy atom. The fourth-order valence-electron chi connectivity index (χ4n) is 2.64. The van der Waals surface area contributed by atoms with Crippen molar-refractivity contribution in [3.05, 3.63) is 70.7 Å². The Morgan fingerprint density at radius 2 is 1.79 bits per heavy atom. The first-order chi connectivity index (χ1) is 14.0. The summed E-state index contributed by atoms with van der Waals surface area (Å²) in [5.41, 5.74) is 2.43. The SMILES string of the molecule is COc1ccc(-c2nc(C)c(C(=O)O[C@H](C)C(=O)NCc3ccccc3)s2)cc1. The lowest BCUT2D eigenvalue weighted by Crippen LogP contribution is -2.35. The summed E-state index contributed by atoms with van der Waals surface area (Å²) in [5, 5.41) is 3.48. The molecule has 0 aliphatic carbocycles. The van der Waals surface area contributed by atoms with Crippen molar-refractivity contribution in [3.63, 3.8) is 0 Å². The number of rotatable bonds is 7. The molecule has 0 aliphatic heterocycles. The van der Waals surface area contributed by atoms with Crippen LogP contribution in [0.25, 0.3) is 10.6 Å². The number of methoxy groups -OCH3 is 1. The molecule has 150 valence electrons. The molecule has 1 aromatic heterocycles. The first-order valence-electron chi connectivity index (χ1n) is 9.12. The standard InChI is InChI=1S/C22H22N2O4S/c1-14-19(29-21(24-14)17-9-11-18(27-3)12-10-17)22(26)28-15(2)20(25)23-13-16-7-5-4-6-8-16/h4-12,15H,13H2,1-3H3,(H,23,25)/t15-/m1/s1. The van der Waals surface area contributed by atoms with Crippen molar-refractivity contribution in [2.75, 3.05) is 7.11 Å². The number of esters is 1. The number of nitrogens with zero attached hydrogens (tertiary/aromatic N) is 1. The van der Waals surface area contributed by atoms with Crippen LogP contribution in [-0.2, 0) is 16.1 Å². The van der Waals surface area contributed by atoms with Gasteiger partial charge in [0.15, 0.2) is 6.10 Å². The monoisotopic (exact) mass is 410 g/mol. The third kappa shape index (κ3) is 5.20. The molecule has 29 heavy (non-hydrogen) atoms. The molecule has 0 bridgehead atoms. The summed E-state index contributed by atoms with van der Waals surface area (Å²) >= 11 is 1.24. The third-order valence-electron chi connectivity index (χ3n) is 4.28. The second kappa shape index (κ2) is 9.34. The summed E-state index contributed by atoms with van der Waals surface area (Å²) in [6.07, 6.45) is -0.905. The Morgan fingerprint density at radius 3 is 2.45 bits per heavy atom. The normalized spacial score (nSPS) is 11.6. The Kier molecular flexibility index (Phi) is 6.61. The molecule has 1 N–H and O–H groups in total. The highest BCUT2D eigenvalue weighted by atomic mass is 32.1. The van der Waals surface area contributed by atoms with E-state index in [1.54, 1.807) is 21.0 Å². The van der Waals surface area contributed by atoms with Crippen molar-refractivity contribution in [2.24, 2.45) is 0 Å². The van der Waals surface area contributed by atoms with E-state index < -0.39 is 12.1 Å². The quantitative estimate of drug-likeness (QED) is 0.596. The summed E-state index contributed by atoms with van der Waals surface area (Å²) in [6.45, 7) is 3.68. The van der Waals surface area contributed by atoms with Crippen molar-refractivity contribution < 1.29 is 19.1 Å². The van der Waals surface area contributed by atoms with Gasteiger partial charge in [0, 0.05) is 12.1 Å². The summed E-state index contributed by atoms with van der Waals surface area (Å²) in [7, 11) is 1.60. The van der Waals surface area contributed by atoms with Crippen LogP contribution in [0.1, 0.15) is 27.9 Å². The molecule has 0 unspecified atom stereocenters. The summed E-state index contributed by atoms with van der Waals surface area (Å²) in [4.78, 5) is 29.6. The first kappa shape index (κ1) is 20.5. The van der Waals surface area contributed by atoms with Crippen LogP contribution < -0.4 is 10.1 Å². The Labute approximate surface area is 173 Å². The minimum absolute atomic E-state index is 0.347. The van der Waals surface area contributed by atoms with Crippen molar-refractivity contribution in [1.29, 1.82) is 0 Å². The van der Waals surface area contributed by atoms with E-state index in [1.165, 1.54) is 11.3 Å². The van der Waals surface area contributed by atoms with E-state index >= 15 is 0 Å². The molecular formula is C22H22N2O4S. The van der Waals surface area contributed by atoms with Crippen molar-refractivity contribution in [1.82, 2.24) is 10.3 Å². The minimum atomic E-state index is -0.905. The second-order valence-corrected chi connectivity index (χ2v) is 7.41. The molecule has 1 heterocycles. The maximum Gasteiger partial charge on any atom is 0.351 e. The van der Waals surface area contributed by atoms with Crippen LogP contribution in [0.15, 0.2) is 54.6 Å². The number of hydrogen-bond acceptors (Lipinski definition) is 6. The largest absolute Gasteiger partial charge is 0.497 e. The molecule has 6 nitrogen and oxygen atoms in total. The van der Waals surface area contributed by atoms with Gasteiger partial charge in [-0.3, -0.25) is 4.79 Å². The van der Waals surface area contributed by atoms with Gasteiger partial charge < -0.3 is 14.8 Å². The van der Waals surface area contributed by atoms with E-state index in [-0.39, 0.29) is 5.91 Å². The number of aromatic nitrogens is 1. The minimum Gasteiger partial charge on any atom is -0.497 e. The Hall–Kier alpha value is -3.19. The van der Waals surface area contributed by atoms with Gasteiger partial charge in [-0.25, -0.2) is 9.78 Å². The lowest BCUT2D eigenvalue weighted by molar-refractivity contribution is -0.129. The number of ether oxygens (including phenoxy) is 2. The zero-order chi connectivity index (χ0) is 20.8. The molecule has 7 heteroatoms. The van der Waals surface area contributed by atoms with Gasteiger partial charge in [0.1, 0.15) is 15.6 Å². The van der Waals surface area contributed by atoms with Crippen LogP contribution in [0.5, 0.6) is 5.75 Å². The van der Waals surface area contributed by atoms with Gasteiger partial charge in [0.05, 0.1) is 12.8 Å². The molecule has 0 fully saturated rings. The highest BCUT2D eigenvalue weighted by molar-refractivity contribution is 7.17. The van der Waals surface area contributed by atoms with Crippen LogP contribution in [0.3, 0.4) is 0 Å². The molecule has 0 radical (unpaired) electrons. The third-order valence-corrected chi connectivity index (χ3v) is 5.47. The van der Waals surface area contributed by atoms with Gasteiger partial charge in [-0.2, -0.15) is 0 Å². The highest BCUT2D eigenvalue weighted by Crippen LogP contribution is 2.29. The second-order valence-electron chi connectivity index (χ2n) is 6.41. The number of aryl methyl sites for hydroxylation is 1. The van der Waals surface area contributed by atoms with Crippen molar-refractivity contribution in [3.8, 4) is 16.3 Å². The molecule has 0 saturated heterocycles. The Bertz CT molecular complexity index is 984. The number of carbonyl (C=O) groups excluding carboxylic acids is 2. The predicted octanol–water partition coefficient (Wildman–Crippen LogP) is 3.99. The van der Waals surface area contributed by atoms with Gasteiger partial charge in [-0.15, -0.1) is 11.3 Å². The van der Waals surface area contributed by atoms with Crippen LogP contribution in [0.2, 0.25) is 0 Å². The molecule has 0 aliphatic rings. The summed E-state index contributed by atoms with van der Waals surface area (Å²) in [6, 6.07) is 17.0. The number of thiazole rings is 1. The molecule has 1 atom stereocenters. The predicted molar refractivity (Wildman–Crippen MR) is 112 cm³/mol. The fraction of sp³-hybridized carbons (Fsp3) is 0.227. The number of carbonyl (C=O) groups is 2. The van der Waals surface area contributed by atoms with Crippen LogP contribution >= 0.6 is 11.3 Å². The molecule has 3 aromatic rings. The van der Waals surface area contributed by atoms with Crippen LogP contribution in [0, 0.1) is 6.92 Å². The van der Waals surface area contributed by atoms with E-state index in [9.17, 15) is 9.59 Å². The maximum absolute atomic E-state index is 12.5. The van der Waals surface area contributed by atoms with Gasteiger partial charge in [0.2, 0.25) is 0 Å². The van der Waals surface area contributed by atoms with Gasteiger partial charge in [0.25, 0.3) is 5.91 Å². The topological polar surface area (TPSA) is 77.5 Å².